The van der Waals surface area contributed by atoms with Crippen LogP contribution in [0.2, 0.25) is 0 Å². The Kier molecular flexibility index (Phi) is 3.36. The average molecular weight is 298 g/mol. The van der Waals surface area contributed by atoms with Crippen molar-refractivity contribution in [2.75, 3.05) is 19.3 Å². The minimum atomic E-state index is -3.14. The second-order valence-corrected chi connectivity index (χ2v) is 8.31. The second-order valence-electron chi connectivity index (χ2n) is 6.33. The minimum absolute atomic E-state index is 0.0577. The van der Waals surface area contributed by atoms with Crippen molar-refractivity contribution in [1.29, 1.82) is 0 Å². The van der Waals surface area contributed by atoms with Gasteiger partial charge in [-0.1, -0.05) is 19.3 Å². The van der Waals surface area contributed by atoms with Crippen LogP contribution >= 0.6 is 0 Å². The third-order valence-electron chi connectivity index (χ3n) is 4.99. The summed E-state index contributed by atoms with van der Waals surface area (Å²) in [5.41, 5.74) is 0.0577. The number of hydrogen-bond donors (Lipinski definition) is 0. The molecule has 1 aliphatic heterocycles. The van der Waals surface area contributed by atoms with Crippen LogP contribution in [0.25, 0.3) is 0 Å². The van der Waals surface area contributed by atoms with Gasteiger partial charge >= 0.3 is 0 Å². The maximum absolute atomic E-state index is 11.9. The Morgan fingerprint density at radius 2 is 2.00 bits per heavy atom. The van der Waals surface area contributed by atoms with E-state index in [1.807, 2.05) is 11.6 Å². The largest absolute Gasteiger partial charge is 0.320 e. The zero-order valence-electron chi connectivity index (χ0n) is 12.1. The molecule has 112 valence electrons. The Morgan fingerprint density at radius 1 is 1.30 bits per heavy atom. The molecule has 1 aromatic heterocycles. The number of aryl methyl sites for hydroxylation is 1. The highest BCUT2D eigenvalue weighted by molar-refractivity contribution is 7.88. The van der Waals surface area contributed by atoms with Crippen LogP contribution < -0.4 is 0 Å². The molecule has 2 heterocycles. The van der Waals surface area contributed by atoms with Crippen LogP contribution in [0.5, 0.6) is 0 Å². The van der Waals surface area contributed by atoms with E-state index in [9.17, 15) is 8.42 Å². The first-order valence-electron chi connectivity index (χ1n) is 7.21. The van der Waals surface area contributed by atoms with Crippen molar-refractivity contribution >= 4 is 10.0 Å². The van der Waals surface area contributed by atoms with Gasteiger partial charge < -0.3 is 4.57 Å². The molecule has 0 amide bonds. The normalized spacial score (nSPS) is 27.2. The fourth-order valence-electron chi connectivity index (χ4n) is 3.90. The number of hydrogen-bond acceptors (Lipinski definition) is 4. The Morgan fingerprint density at radius 3 is 2.55 bits per heavy atom. The summed E-state index contributed by atoms with van der Waals surface area (Å²) in [7, 11) is -1.20. The zero-order valence-corrected chi connectivity index (χ0v) is 12.9. The van der Waals surface area contributed by atoms with E-state index in [-0.39, 0.29) is 11.3 Å². The molecule has 1 atom stereocenters. The summed E-state index contributed by atoms with van der Waals surface area (Å²) in [6.45, 7) is 1.19. The van der Waals surface area contributed by atoms with Crippen LogP contribution in [0.1, 0.15) is 43.8 Å². The van der Waals surface area contributed by atoms with Gasteiger partial charge in [-0.2, -0.15) is 0 Å². The van der Waals surface area contributed by atoms with Crippen LogP contribution in [0.15, 0.2) is 6.33 Å². The molecule has 6 nitrogen and oxygen atoms in total. The summed E-state index contributed by atoms with van der Waals surface area (Å²) in [6, 6.07) is 0. The first-order valence-corrected chi connectivity index (χ1v) is 9.06. The summed E-state index contributed by atoms with van der Waals surface area (Å²) >= 11 is 0. The summed E-state index contributed by atoms with van der Waals surface area (Å²) in [4.78, 5) is 0. The molecule has 1 unspecified atom stereocenters. The molecule has 1 spiro atoms. The Labute approximate surface area is 120 Å². The molecule has 2 fully saturated rings. The lowest BCUT2D eigenvalue weighted by molar-refractivity contribution is 0.177. The van der Waals surface area contributed by atoms with E-state index in [0.717, 1.165) is 18.7 Å². The summed E-state index contributed by atoms with van der Waals surface area (Å²) in [6.07, 6.45) is 8.83. The van der Waals surface area contributed by atoms with Crippen molar-refractivity contribution in [1.82, 2.24) is 19.1 Å². The number of rotatable bonds is 2. The first kappa shape index (κ1) is 14.0. The average Bonchev–Trinajstić information content (AvgIpc) is 2.94. The molecule has 1 saturated heterocycles. The number of nitrogens with zero attached hydrogens (tertiary/aromatic N) is 4. The molecule has 1 saturated carbocycles. The van der Waals surface area contributed by atoms with E-state index in [1.54, 1.807) is 10.6 Å². The van der Waals surface area contributed by atoms with Gasteiger partial charge in [0.05, 0.1) is 6.26 Å². The van der Waals surface area contributed by atoms with Gasteiger partial charge in [0.2, 0.25) is 10.0 Å². The third-order valence-corrected chi connectivity index (χ3v) is 6.21. The van der Waals surface area contributed by atoms with Crippen molar-refractivity contribution in [3.8, 4) is 0 Å². The molecule has 0 N–H and O–H groups in total. The van der Waals surface area contributed by atoms with Crippen LogP contribution in [-0.2, 0) is 17.1 Å². The van der Waals surface area contributed by atoms with E-state index in [1.165, 1.54) is 25.5 Å². The van der Waals surface area contributed by atoms with Crippen molar-refractivity contribution in [3.05, 3.63) is 12.2 Å². The van der Waals surface area contributed by atoms with Crippen LogP contribution in [0.3, 0.4) is 0 Å². The standard InChI is InChI=1S/C13H22N4O2S/c1-16-10-14-15-12(16)11-8-17(20(2,18)19)9-13(11)6-4-3-5-7-13/h10-11H,3-9H2,1-2H3. The highest BCUT2D eigenvalue weighted by atomic mass is 32.2. The second kappa shape index (κ2) is 4.80. The molecule has 2 aliphatic rings. The Hall–Kier alpha value is -0.950. The molecule has 1 aliphatic carbocycles. The van der Waals surface area contributed by atoms with Gasteiger partial charge in [0.1, 0.15) is 12.2 Å². The van der Waals surface area contributed by atoms with Gasteiger partial charge in [-0.05, 0) is 18.3 Å². The van der Waals surface area contributed by atoms with E-state index in [0.29, 0.717) is 13.1 Å². The van der Waals surface area contributed by atoms with Crippen molar-refractivity contribution in [2.45, 2.75) is 38.0 Å². The molecular formula is C13H22N4O2S. The molecule has 0 bridgehead atoms. The van der Waals surface area contributed by atoms with Crippen LogP contribution in [-0.4, -0.2) is 46.8 Å². The van der Waals surface area contributed by atoms with Crippen molar-refractivity contribution in [2.24, 2.45) is 12.5 Å². The molecule has 0 radical (unpaired) electrons. The topological polar surface area (TPSA) is 68.1 Å². The van der Waals surface area contributed by atoms with E-state index < -0.39 is 10.0 Å². The lowest BCUT2D eigenvalue weighted by Crippen LogP contribution is -2.34. The molecule has 3 rings (SSSR count). The quantitative estimate of drug-likeness (QED) is 0.820. The van der Waals surface area contributed by atoms with Gasteiger partial charge in [0.25, 0.3) is 0 Å². The van der Waals surface area contributed by atoms with Gasteiger partial charge in [-0.3, -0.25) is 0 Å². The highest BCUT2D eigenvalue weighted by Crippen LogP contribution is 2.51. The van der Waals surface area contributed by atoms with Gasteiger partial charge in [0, 0.05) is 26.1 Å². The first-order chi connectivity index (χ1) is 9.42. The number of aromatic nitrogens is 3. The Bertz CT molecular complexity index is 589. The summed E-state index contributed by atoms with van der Waals surface area (Å²) in [5, 5.41) is 8.23. The lowest BCUT2D eigenvalue weighted by atomic mass is 9.67. The predicted molar refractivity (Wildman–Crippen MR) is 75.7 cm³/mol. The van der Waals surface area contributed by atoms with E-state index >= 15 is 0 Å². The van der Waals surface area contributed by atoms with Gasteiger partial charge in [0.15, 0.2) is 0 Å². The zero-order chi connectivity index (χ0) is 14.4. The molecular weight excluding hydrogens is 276 g/mol. The summed E-state index contributed by atoms with van der Waals surface area (Å²) in [5.74, 6) is 1.10. The minimum Gasteiger partial charge on any atom is -0.320 e. The van der Waals surface area contributed by atoms with Crippen molar-refractivity contribution in [3.63, 3.8) is 0 Å². The SMILES string of the molecule is Cn1cnnc1C1CN(S(C)(=O)=O)CC12CCCCC2. The fourth-order valence-corrected chi connectivity index (χ4v) is 4.81. The van der Waals surface area contributed by atoms with Crippen molar-refractivity contribution < 1.29 is 8.42 Å². The van der Waals surface area contributed by atoms with Crippen LogP contribution in [0, 0.1) is 5.41 Å². The molecule has 20 heavy (non-hydrogen) atoms. The monoisotopic (exact) mass is 298 g/mol. The van der Waals surface area contributed by atoms with E-state index in [4.69, 9.17) is 0 Å². The van der Waals surface area contributed by atoms with Crippen LogP contribution in [0.4, 0.5) is 0 Å². The maximum atomic E-state index is 11.9. The smallest absolute Gasteiger partial charge is 0.211 e. The third kappa shape index (κ3) is 2.26. The molecule has 1 aromatic rings. The fraction of sp³-hybridized carbons (Fsp3) is 0.846. The highest BCUT2D eigenvalue weighted by Gasteiger charge is 2.51. The lowest BCUT2D eigenvalue weighted by Gasteiger charge is -2.37. The van der Waals surface area contributed by atoms with Gasteiger partial charge in [-0.25, -0.2) is 12.7 Å². The summed E-state index contributed by atoms with van der Waals surface area (Å²) < 4.78 is 27.5. The van der Waals surface area contributed by atoms with E-state index in [2.05, 4.69) is 10.2 Å². The molecule has 0 aromatic carbocycles. The maximum Gasteiger partial charge on any atom is 0.211 e. The molecule has 7 heteroatoms. The predicted octanol–water partition coefficient (Wildman–Crippen LogP) is 1.12. The number of sulfonamides is 1. The van der Waals surface area contributed by atoms with Gasteiger partial charge in [-0.15, -0.1) is 10.2 Å². The Balaban J connectivity index is 1.99.